The minimum absolute atomic E-state index is 0.334. The first-order valence-corrected chi connectivity index (χ1v) is 3.46. The highest BCUT2D eigenvalue weighted by Crippen LogP contribution is 2.02. The summed E-state index contributed by atoms with van der Waals surface area (Å²) in [6, 6.07) is 7.35. The molecule has 2 N–H and O–H groups in total. The van der Waals surface area contributed by atoms with Gasteiger partial charge >= 0.3 is 0 Å². The molecule has 0 atom stereocenters. The lowest BCUT2D eigenvalue weighted by Gasteiger charge is -1.90. The molecule has 0 spiro atoms. The molecule has 1 aromatic rings. The minimum atomic E-state index is 0.334. The molecule has 0 saturated heterocycles. The molecule has 0 bridgehead atoms. The second-order valence-corrected chi connectivity index (χ2v) is 1.74. The predicted molar refractivity (Wildman–Crippen MR) is 46.9 cm³/mol. The zero-order valence-electron chi connectivity index (χ0n) is 7.59. The topological polar surface area (TPSA) is 26.0 Å². The number of nitrogens with two attached hydrogens (primary N) is 1. The van der Waals surface area contributed by atoms with Crippen LogP contribution in [-0.2, 0) is 0 Å². The van der Waals surface area contributed by atoms with Crippen LogP contribution < -0.4 is 5.73 Å². The average molecular weight is 138 g/mol. The van der Waals surface area contributed by atoms with Crippen molar-refractivity contribution < 1.29 is 1.37 Å². The van der Waals surface area contributed by atoms with Crippen LogP contribution in [0.25, 0.3) is 0 Å². The number of hydrogen-bond donors (Lipinski definition) is 1. The van der Waals surface area contributed by atoms with Gasteiger partial charge in [0.1, 0.15) is 0 Å². The van der Waals surface area contributed by atoms with Gasteiger partial charge in [0, 0.05) is 7.06 Å². The van der Waals surface area contributed by atoms with E-state index in [9.17, 15) is 0 Å². The fourth-order valence-corrected chi connectivity index (χ4v) is 0.518. The van der Waals surface area contributed by atoms with Crippen molar-refractivity contribution in [1.29, 1.82) is 0 Å². The molecular formula is C9H15N. The quantitative estimate of drug-likeness (QED) is 0.548. The van der Waals surface area contributed by atoms with Crippen molar-refractivity contribution in [1.82, 2.24) is 0 Å². The van der Waals surface area contributed by atoms with Crippen molar-refractivity contribution in [3.8, 4) is 0 Å². The predicted octanol–water partition coefficient (Wildman–Crippen LogP) is 2.60. The largest absolute Gasteiger partial charge is 0.399 e. The lowest BCUT2D eigenvalue weighted by molar-refractivity contribution is 1.47. The third kappa shape index (κ3) is 3.13. The van der Waals surface area contributed by atoms with Crippen LogP contribution in [0.5, 0.6) is 0 Å². The van der Waals surface area contributed by atoms with Gasteiger partial charge in [-0.05, 0) is 19.0 Å². The van der Waals surface area contributed by atoms with E-state index in [-0.39, 0.29) is 0 Å². The standard InChI is InChI=1S/C7H9N.C2H6/c1-6-2-4-7(8)5-3-6;1-2/h2-5H,8H2,1H3;1-2H3/i1D;. The molecule has 0 saturated carbocycles. The highest BCUT2D eigenvalue weighted by molar-refractivity contribution is 5.38. The molecular weight excluding hydrogens is 122 g/mol. The van der Waals surface area contributed by atoms with E-state index in [1.54, 1.807) is 0 Å². The Kier molecular flexibility index (Phi) is 3.46. The van der Waals surface area contributed by atoms with Gasteiger partial charge in [0.05, 0.1) is 0 Å². The molecule has 1 nitrogen and oxygen atoms in total. The summed E-state index contributed by atoms with van der Waals surface area (Å²) in [4.78, 5) is 0. The first-order valence-electron chi connectivity index (χ1n) is 4.17. The molecule has 0 amide bonds. The van der Waals surface area contributed by atoms with Crippen molar-refractivity contribution in [2.45, 2.75) is 20.7 Å². The average Bonchev–Trinajstić information content (AvgIpc) is 2.10. The van der Waals surface area contributed by atoms with Crippen LogP contribution in [0.15, 0.2) is 24.3 Å². The smallest absolute Gasteiger partial charge is 0.0314 e. The summed E-state index contributed by atoms with van der Waals surface area (Å²) in [5.74, 6) is 0. The first-order chi connectivity index (χ1) is 5.33. The van der Waals surface area contributed by atoms with E-state index in [1.807, 2.05) is 38.1 Å². The minimum Gasteiger partial charge on any atom is -0.399 e. The van der Waals surface area contributed by atoms with Crippen molar-refractivity contribution in [2.75, 3.05) is 5.73 Å². The summed E-state index contributed by atoms with van der Waals surface area (Å²) >= 11 is 0. The second-order valence-electron chi connectivity index (χ2n) is 1.74. The van der Waals surface area contributed by atoms with Gasteiger partial charge in [-0.15, -0.1) is 0 Å². The van der Waals surface area contributed by atoms with Crippen molar-refractivity contribution >= 4 is 5.69 Å². The van der Waals surface area contributed by atoms with E-state index in [4.69, 9.17) is 7.10 Å². The summed E-state index contributed by atoms with van der Waals surface area (Å²) in [5, 5.41) is 0. The van der Waals surface area contributed by atoms with Gasteiger partial charge in [0.2, 0.25) is 0 Å². The zero-order valence-corrected chi connectivity index (χ0v) is 6.59. The maximum absolute atomic E-state index is 6.97. The van der Waals surface area contributed by atoms with Gasteiger partial charge in [-0.1, -0.05) is 31.5 Å². The van der Waals surface area contributed by atoms with E-state index in [2.05, 4.69) is 0 Å². The Hall–Kier alpha value is -0.980. The van der Waals surface area contributed by atoms with Crippen molar-refractivity contribution in [3.05, 3.63) is 29.8 Å². The van der Waals surface area contributed by atoms with Gasteiger partial charge in [0.25, 0.3) is 0 Å². The maximum Gasteiger partial charge on any atom is 0.0314 e. The number of nitrogen functional groups attached to an aromatic ring is 1. The molecule has 1 aromatic carbocycles. The number of benzene rings is 1. The normalized spacial score (nSPS) is 9.20. The van der Waals surface area contributed by atoms with Gasteiger partial charge in [-0.2, -0.15) is 0 Å². The number of anilines is 1. The van der Waals surface area contributed by atoms with Gasteiger partial charge in [-0.25, -0.2) is 0 Å². The van der Waals surface area contributed by atoms with Gasteiger partial charge < -0.3 is 5.73 Å². The third-order valence-corrected chi connectivity index (χ3v) is 0.980. The Labute approximate surface area is 64.3 Å². The summed E-state index contributed by atoms with van der Waals surface area (Å²) in [5.41, 5.74) is 7.18. The Balaban J connectivity index is 0.000000461. The molecule has 0 radical (unpaired) electrons. The SMILES string of the molecule is CC.[2H]Cc1ccc(N)cc1. The molecule has 1 heteroatoms. The third-order valence-electron chi connectivity index (χ3n) is 0.980. The summed E-state index contributed by atoms with van der Waals surface area (Å²) in [7, 11) is 0. The van der Waals surface area contributed by atoms with Crippen LogP contribution in [0.1, 0.15) is 20.8 Å². The summed E-state index contributed by atoms with van der Waals surface area (Å²) in [6.07, 6.45) is 0. The van der Waals surface area contributed by atoms with Crippen molar-refractivity contribution in [3.63, 3.8) is 0 Å². The Morgan fingerprint density at radius 3 is 2.10 bits per heavy atom. The number of aryl methyl sites for hydroxylation is 1. The molecule has 0 aliphatic carbocycles. The van der Waals surface area contributed by atoms with Crippen LogP contribution in [-0.4, -0.2) is 0 Å². The van der Waals surface area contributed by atoms with Crippen LogP contribution in [0.4, 0.5) is 5.69 Å². The monoisotopic (exact) mass is 138 g/mol. The van der Waals surface area contributed by atoms with Crippen molar-refractivity contribution in [2.24, 2.45) is 0 Å². The van der Waals surface area contributed by atoms with Gasteiger partial charge in [-0.3, -0.25) is 0 Å². The van der Waals surface area contributed by atoms with Crippen LogP contribution in [0, 0.1) is 6.90 Å². The van der Waals surface area contributed by atoms with E-state index in [1.165, 1.54) is 0 Å². The molecule has 0 aromatic heterocycles. The molecule has 10 heavy (non-hydrogen) atoms. The first kappa shape index (κ1) is 7.13. The fourth-order valence-electron chi connectivity index (χ4n) is 0.518. The second kappa shape index (κ2) is 4.86. The number of rotatable bonds is 0. The van der Waals surface area contributed by atoms with Crippen LogP contribution >= 0.6 is 0 Å². The Morgan fingerprint density at radius 2 is 1.70 bits per heavy atom. The highest BCUT2D eigenvalue weighted by atomic mass is 14.5. The van der Waals surface area contributed by atoms with E-state index in [0.717, 1.165) is 11.3 Å². The maximum atomic E-state index is 6.97. The molecule has 0 aliphatic heterocycles. The lowest BCUT2D eigenvalue weighted by atomic mass is 10.2. The van der Waals surface area contributed by atoms with Crippen LogP contribution in [0.2, 0.25) is 0 Å². The van der Waals surface area contributed by atoms with E-state index in [0.29, 0.717) is 6.90 Å². The molecule has 0 unspecified atom stereocenters. The van der Waals surface area contributed by atoms with E-state index >= 15 is 0 Å². The highest BCUT2D eigenvalue weighted by Gasteiger charge is 1.80. The fraction of sp³-hybridized carbons (Fsp3) is 0.333. The lowest BCUT2D eigenvalue weighted by Crippen LogP contribution is -1.81. The zero-order chi connectivity index (χ0) is 8.69. The Morgan fingerprint density at radius 1 is 1.20 bits per heavy atom. The molecule has 1 rings (SSSR count). The van der Waals surface area contributed by atoms with Gasteiger partial charge in [0.15, 0.2) is 0 Å². The van der Waals surface area contributed by atoms with Crippen LogP contribution in [0.3, 0.4) is 0 Å². The number of hydrogen-bond acceptors (Lipinski definition) is 1. The Bertz CT molecular complexity index is 181. The molecule has 0 heterocycles. The molecule has 56 valence electrons. The molecule has 0 fully saturated rings. The molecule has 0 aliphatic rings. The summed E-state index contributed by atoms with van der Waals surface area (Å²) < 4.78 is 6.97. The van der Waals surface area contributed by atoms with E-state index < -0.39 is 0 Å². The summed E-state index contributed by atoms with van der Waals surface area (Å²) in [6.45, 7) is 4.33.